The molecule has 2 heterocycles. The van der Waals surface area contributed by atoms with Crippen LogP contribution >= 0.6 is 0 Å². The van der Waals surface area contributed by atoms with Crippen LogP contribution in [0.3, 0.4) is 0 Å². The number of aryl methyl sites for hydroxylation is 1. The predicted molar refractivity (Wildman–Crippen MR) is 99.3 cm³/mol. The maximum atomic E-state index is 13.1. The highest BCUT2D eigenvalue weighted by atomic mass is 16.5. The number of hydrogen-bond donors (Lipinski definition) is 2. The molecule has 2 N–H and O–H groups in total. The summed E-state index contributed by atoms with van der Waals surface area (Å²) in [5, 5.41) is 10.2. The van der Waals surface area contributed by atoms with Gasteiger partial charge in [0.1, 0.15) is 6.04 Å². The molecule has 1 aromatic heterocycles. The lowest BCUT2D eigenvalue weighted by molar-refractivity contribution is -0.137. The standard InChI is InChI=1S/C20H24N4O3/c25-19(18-15-8-4-5-9-16(15)22-23-18)21-17(14-6-2-1-3-7-14)20(26)24-10-12-27-13-11-24/h1-3,6-7,17H,4-5,8-13H2,(H,21,25)(H,22,23). The van der Waals surface area contributed by atoms with Gasteiger partial charge in [-0.15, -0.1) is 0 Å². The van der Waals surface area contributed by atoms with Crippen LogP contribution < -0.4 is 5.32 Å². The molecular formula is C20H24N4O3. The van der Waals surface area contributed by atoms with Crippen molar-refractivity contribution in [3.8, 4) is 0 Å². The number of morpholine rings is 1. The number of H-pyrrole nitrogens is 1. The molecule has 0 spiro atoms. The summed E-state index contributed by atoms with van der Waals surface area (Å²) in [7, 11) is 0. The molecule has 7 heteroatoms. The molecule has 1 aromatic carbocycles. The van der Waals surface area contributed by atoms with E-state index in [9.17, 15) is 9.59 Å². The van der Waals surface area contributed by atoms with E-state index in [1.54, 1.807) is 4.90 Å². The third kappa shape index (κ3) is 3.73. The van der Waals surface area contributed by atoms with Crippen molar-refractivity contribution >= 4 is 11.8 Å². The number of nitrogens with one attached hydrogen (secondary N) is 2. The highest BCUT2D eigenvalue weighted by Crippen LogP contribution is 2.23. The largest absolute Gasteiger partial charge is 0.378 e. The van der Waals surface area contributed by atoms with Crippen LogP contribution in [-0.4, -0.2) is 53.2 Å². The van der Waals surface area contributed by atoms with Crippen molar-refractivity contribution in [2.24, 2.45) is 0 Å². The molecule has 0 radical (unpaired) electrons. The van der Waals surface area contributed by atoms with Gasteiger partial charge in [-0.3, -0.25) is 14.7 Å². The molecule has 27 heavy (non-hydrogen) atoms. The monoisotopic (exact) mass is 368 g/mol. The first-order valence-electron chi connectivity index (χ1n) is 9.52. The zero-order valence-corrected chi connectivity index (χ0v) is 15.2. The molecule has 2 aromatic rings. The topological polar surface area (TPSA) is 87.3 Å². The van der Waals surface area contributed by atoms with Gasteiger partial charge < -0.3 is 15.0 Å². The Morgan fingerprint density at radius 2 is 1.85 bits per heavy atom. The van der Waals surface area contributed by atoms with Crippen molar-refractivity contribution in [1.82, 2.24) is 20.4 Å². The molecule has 2 aliphatic rings. The second-order valence-corrected chi connectivity index (χ2v) is 6.99. The average molecular weight is 368 g/mol. The molecule has 1 unspecified atom stereocenters. The Bertz CT molecular complexity index is 812. The third-order valence-corrected chi connectivity index (χ3v) is 5.25. The molecule has 7 nitrogen and oxygen atoms in total. The van der Waals surface area contributed by atoms with Crippen LogP contribution in [0.15, 0.2) is 30.3 Å². The summed E-state index contributed by atoms with van der Waals surface area (Å²) in [6.07, 6.45) is 3.94. The lowest BCUT2D eigenvalue weighted by atomic mass is 9.95. The SMILES string of the molecule is O=C(NC(C(=O)N1CCOCC1)c1ccccc1)c1n[nH]c2c1CCCC2. The number of fused-ring (bicyclic) bond motifs is 1. The van der Waals surface area contributed by atoms with E-state index in [1.165, 1.54) is 0 Å². The molecule has 1 aliphatic heterocycles. The number of carbonyl (C=O) groups is 2. The van der Waals surface area contributed by atoms with Crippen molar-refractivity contribution < 1.29 is 14.3 Å². The molecule has 1 aliphatic carbocycles. The van der Waals surface area contributed by atoms with Gasteiger partial charge in [-0.05, 0) is 31.2 Å². The zero-order valence-electron chi connectivity index (χ0n) is 15.2. The number of hydrogen-bond acceptors (Lipinski definition) is 4. The van der Waals surface area contributed by atoms with Gasteiger partial charge in [0, 0.05) is 24.3 Å². The summed E-state index contributed by atoms with van der Waals surface area (Å²) < 4.78 is 5.34. The number of nitrogens with zero attached hydrogens (tertiary/aromatic N) is 2. The Labute approximate surface area is 158 Å². The molecule has 4 rings (SSSR count). The molecule has 1 atom stereocenters. The van der Waals surface area contributed by atoms with Gasteiger partial charge in [0.2, 0.25) is 5.91 Å². The highest BCUT2D eigenvalue weighted by Gasteiger charge is 2.31. The van der Waals surface area contributed by atoms with E-state index < -0.39 is 6.04 Å². The Kier molecular flexibility index (Phi) is 5.20. The minimum Gasteiger partial charge on any atom is -0.378 e. The predicted octanol–water partition coefficient (Wildman–Crippen LogP) is 1.62. The molecule has 1 fully saturated rings. The zero-order chi connectivity index (χ0) is 18.6. The number of aromatic nitrogens is 2. The van der Waals surface area contributed by atoms with Crippen molar-refractivity contribution in [1.29, 1.82) is 0 Å². The lowest BCUT2D eigenvalue weighted by Crippen LogP contribution is -2.47. The Balaban J connectivity index is 1.58. The summed E-state index contributed by atoms with van der Waals surface area (Å²) >= 11 is 0. The number of ether oxygens (including phenoxy) is 1. The summed E-state index contributed by atoms with van der Waals surface area (Å²) in [6.45, 7) is 2.12. The fraction of sp³-hybridized carbons (Fsp3) is 0.450. The van der Waals surface area contributed by atoms with E-state index in [4.69, 9.17) is 4.74 Å². The molecule has 0 bridgehead atoms. The molecule has 142 valence electrons. The van der Waals surface area contributed by atoms with Crippen molar-refractivity contribution in [3.05, 3.63) is 52.8 Å². The first-order chi connectivity index (χ1) is 13.2. The van der Waals surface area contributed by atoms with Crippen LogP contribution in [0.5, 0.6) is 0 Å². The van der Waals surface area contributed by atoms with Gasteiger partial charge in [-0.2, -0.15) is 5.10 Å². The quantitative estimate of drug-likeness (QED) is 0.858. The molecule has 2 amide bonds. The van der Waals surface area contributed by atoms with Gasteiger partial charge >= 0.3 is 0 Å². The van der Waals surface area contributed by atoms with Gasteiger partial charge in [-0.25, -0.2) is 0 Å². The number of amides is 2. The number of benzene rings is 1. The second-order valence-electron chi connectivity index (χ2n) is 6.99. The van der Waals surface area contributed by atoms with E-state index in [1.807, 2.05) is 30.3 Å². The molecular weight excluding hydrogens is 344 g/mol. The van der Waals surface area contributed by atoms with Gasteiger partial charge in [0.15, 0.2) is 5.69 Å². The van der Waals surface area contributed by atoms with Gasteiger partial charge in [-0.1, -0.05) is 30.3 Å². The van der Waals surface area contributed by atoms with Crippen LogP contribution in [0.4, 0.5) is 0 Å². The first-order valence-corrected chi connectivity index (χ1v) is 9.52. The summed E-state index contributed by atoms with van der Waals surface area (Å²) in [5.74, 6) is -0.410. The van der Waals surface area contributed by atoms with Crippen LogP contribution in [-0.2, 0) is 22.4 Å². The van der Waals surface area contributed by atoms with Gasteiger partial charge in [0.25, 0.3) is 5.91 Å². The van der Waals surface area contributed by atoms with Crippen LogP contribution in [0.25, 0.3) is 0 Å². The summed E-state index contributed by atoms with van der Waals surface area (Å²) in [6, 6.07) is 8.64. The smallest absolute Gasteiger partial charge is 0.272 e. The fourth-order valence-corrected chi connectivity index (χ4v) is 3.77. The maximum Gasteiger partial charge on any atom is 0.272 e. The Hall–Kier alpha value is -2.67. The maximum absolute atomic E-state index is 13.1. The van der Waals surface area contributed by atoms with E-state index in [2.05, 4.69) is 15.5 Å². The van der Waals surface area contributed by atoms with E-state index in [0.29, 0.717) is 32.0 Å². The highest BCUT2D eigenvalue weighted by molar-refractivity contribution is 5.97. The summed E-state index contributed by atoms with van der Waals surface area (Å²) in [5.41, 5.74) is 3.22. The van der Waals surface area contributed by atoms with Crippen LogP contribution in [0, 0.1) is 0 Å². The summed E-state index contributed by atoms with van der Waals surface area (Å²) in [4.78, 5) is 27.8. The van der Waals surface area contributed by atoms with E-state index >= 15 is 0 Å². The fourth-order valence-electron chi connectivity index (χ4n) is 3.77. The van der Waals surface area contributed by atoms with Crippen molar-refractivity contribution in [2.75, 3.05) is 26.3 Å². The van der Waals surface area contributed by atoms with Crippen LogP contribution in [0.1, 0.15) is 46.2 Å². The third-order valence-electron chi connectivity index (χ3n) is 5.25. The number of carbonyl (C=O) groups excluding carboxylic acids is 2. The average Bonchev–Trinajstić information content (AvgIpc) is 3.17. The second kappa shape index (κ2) is 7.92. The molecule has 0 saturated carbocycles. The normalized spacial score (nSPS) is 17.9. The van der Waals surface area contributed by atoms with Crippen molar-refractivity contribution in [3.63, 3.8) is 0 Å². The van der Waals surface area contributed by atoms with Crippen molar-refractivity contribution in [2.45, 2.75) is 31.7 Å². The van der Waals surface area contributed by atoms with Crippen LogP contribution in [0.2, 0.25) is 0 Å². The van der Waals surface area contributed by atoms with Gasteiger partial charge in [0.05, 0.1) is 13.2 Å². The molecule has 1 saturated heterocycles. The first kappa shape index (κ1) is 17.7. The van der Waals surface area contributed by atoms with E-state index in [-0.39, 0.29) is 11.8 Å². The lowest BCUT2D eigenvalue weighted by Gasteiger charge is -2.31. The van der Waals surface area contributed by atoms with E-state index in [0.717, 1.165) is 42.5 Å². The number of rotatable bonds is 4. The Morgan fingerprint density at radius 3 is 2.63 bits per heavy atom. The minimum atomic E-state index is -0.729. The number of aromatic amines is 1. The minimum absolute atomic E-state index is 0.109. The Morgan fingerprint density at radius 1 is 1.11 bits per heavy atom.